The van der Waals surface area contributed by atoms with Gasteiger partial charge in [0.25, 0.3) is 5.70 Å². The molecule has 6 nitrogen and oxygen atoms in total. The molecular weight excluding hydrogens is 238 g/mol. The van der Waals surface area contributed by atoms with Crippen LogP contribution in [0.3, 0.4) is 0 Å². The van der Waals surface area contributed by atoms with Crippen molar-refractivity contribution in [2.24, 2.45) is 0 Å². The van der Waals surface area contributed by atoms with Crippen LogP contribution in [0.2, 0.25) is 0 Å². The fraction of sp³-hybridized carbons (Fsp3) is 0.250. The Labute approximate surface area is 104 Å². The fourth-order valence-electron chi connectivity index (χ4n) is 1.30. The average Bonchev–Trinajstić information content (AvgIpc) is 2.36. The summed E-state index contributed by atoms with van der Waals surface area (Å²) in [5, 5.41) is 10.9. The maximum Gasteiger partial charge on any atom is 0.337 e. The van der Waals surface area contributed by atoms with Crippen molar-refractivity contribution in [3.8, 4) is 5.75 Å². The normalized spacial score (nSPS) is 10.9. The Balaban J connectivity index is 3.04. The molecule has 18 heavy (non-hydrogen) atoms. The van der Waals surface area contributed by atoms with Gasteiger partial charge in [0.2, 0.25) is 0 Å². The summed E-state index contributed by atoms with van der Waals surface area (Å²) in [5.41, 5.74) is 0.00459. The Morgan fingerprint density at radius 3 is 2.44 bits per heavy atom. The van der Waals surface area contributed by atoms with Crippen molar-refractivity contribution in [1.82, 2.24) is 0 Å². The van der Waals surface area contributed by atoms with Gasteiger partial charge in [-0.1, -0.05) is 0 Å². The van der Waals surface area contributed by atoms with E-state index in [4.69, 9.17) is 4.74 Å². The first kappa shape index (κ1) is 13.7. The van der Waals surface area contributed by atoms with Crippen LogP contribution in [0.25, 0.3) is 5.70 Å². The predicted molar refractivity (Wildman–Crippen MR) is 64.6 cm³/mol. The van der Waals surface area contributed by atoms with Crippen molar-refractivity contribution >= 4 is 11.7 Å². The van der Waals surface area contributed by atoms with Gasteiger partial charge >= 0.3 is 5.97 Å². The van der Waals surface area contributed by atoms with Crippen molar-refractivity contribution in [1.29, 1.82) is 0 Å². The predicted octanol–water partition coefficient (Wildman–Crippen LogP) is 1.88. The summed E-state index contributed by atoms with van der Waals surface area (Å²) >= 11 is 0. The molecule has 1 rings (SSSR count). The summed E-state index contributed by atoms with van der Waals surface area (Å²) in [6.45, 7) is 1.80. The maximum absolute atomic E-state index is 11.2. The third-order valence-electron chi connectivity index (χ3n) is 2.12. The standard InChI is InChI=1S/C12H13NO5/c1-3-18-12(14)8-11(13(15)16)9-4-6-10(17-2)7-5-9/h4-8H,3H2,1-2H3/b11-8+. The highest BCUT2D eigenvalue weighted by atomic mass is 16.6. The van der Waals surface area contributed by atoms with Gasteiger partial charge in [0.1, 0.15) is 11.8 Å². The Kier molecular flexibility index (Phi) is 4.86. The zero-order chi connectivity index (χ0) is 13.5. The first-order chi connectivity index (χ1) is 8.58. The molecule has 0 amide bonds. The summed E-state index contributed by atoms with van der Waals surface area (Å²) < 4.78 is 9.59. The highest BCUT2D eigenvalue weighted by Crippen LogP contribution is 2.19. The van der Waals surface area contributed by atoms with E-state index in [0.717, 1.165) is 6.08 Å². The molecule has 1 aromatic rings. The van der Waals surface area contributed by atoms with Gasteiger partial charge in [0.15, 0.2) is 0 Å². The molecule has 0 unspecified atom stereocenters. The molecule has 0 atom stereocenters. The molecule has 0 aliphatic heterocycles. The third kappa shape index (κ3) is 3.58. The van der Waals surface area contributed by atoms with E-state index >= 15 is 0 Å². The van der Waals surface area contributed by atoms with Crippen LogP contribution in [0.5, 0.6) is 5.75 Å². The van der Waals surface area contributed by atoms with E-state index in [1.54, 1.807) is 19.1 Å². The molecule has 0 aliphatic carbocycles. The molecule has 0 saturated carbocycles. The van der Waals surface area contributed by atoms with Gasteiger partial charge in [0.05, 0.1) is 24.2 Å². The number of benzene rings is 1. The number of nitro groups is 1. The van der Waals surface area contributed by atoms with Gasteiger partial charge < -0.3 is 9.47 Å². The summed E-state index contributed by atoms with van der Waals surface area (Å²) in [4.78, 5) is 21.5. The SMILES string of the molecule is CCOC(=O)/C=C(\c1ccc(OC)cc1)[N+](=O)[O-]. The van der Waals surface area contributed by atoms with Crippen molar-refractivity contribution < 1.29 is 19.2 Å². The van der Waals surface area contributed by atoms with Gasteiger partial charge in [-0.15, -0.1) is 0 Å². The average molecular weight is 251 g/mol. The minimum atomic E-state index is -0.736. The number of carbonyl (C=O) groups is 1. The van der Waals surface area contributed by atoms with Gasteiger partial charge in [-0.25, -0.2) is 4.79 Å². The minimum absolute atomic E-state index is 0.170. The fourth-order valence-corrected chi connectivity index (χ4v) is 1.30. The van der Waals surface area contributed by atoms with Crippen LogP contribution in [-0.2, 0) is 9.53 Å². The molecule has 96 valence electrons. The molecule has 1 aromatic carbocycles. The lowest BCUT2D eigenvalue weighted by Gasteiger charge is -2.02. The lowest BCUT2D eigenvalue weighted by molar-refractivity contribution is -0.375. The van der Waals surface area contributed by atoms with E-state index in [1.807, 2.05) is 0 Å². The first-order valence-electron chi connectivity index (χ1n) is 5.25. The van der Waals surface area contributed by atoms with E-state index in [1.165, 1.54) is 19.2 Å². The summed E-state index contributed by atoms with van der Waals surface area (Å²) in [7, 11) is 1.50. The molecule has 0 N–H and O–H groups in total. The van der Waals surface area contributed by atoms with E-state index in [-0.39, 0.29) is 12.3 Å². The van der Waals surface area contributed by atoms with Crippen LogP contribution >= 0.6 is 0 Å². The second-order valence-corrected chi connectivity index (χ2v) is 3.27. The highest BCUT2D eigenvalue weighted by molar-refractivity contribution is 5.89. The van der Waals surface area contributed by atoms with E-state index in [0.29, 0.717) is 11.3 Å². The molecule has 0 saturated heterocycles. The molecular formula is C12H13NO5. The summed E-state index contributed by atoms with van der Waals surface area (Å²) in [6, 6.07) is 6.18. The topological polar surface area (TPSA) is 78.7 Å². The Bertz CT molecular complexity index is 464. The largest absolute Gasteiger partial charge is 0.497 e. The molecule has 6 heteroatoms. The Morgan fingerprint density at radius 1 is 1.39 bits per heavy atom. The van der Waals surface area contributed by atoms with Crippen molar-refractivity contribution in [3.05, 3.63) is 46.0 Å². The highest BCUT2D eigenvalue weighted by Gasteiger charge is 2.16. The van der Waals surface area contributed by atoms with E-state index < -0.39 is 10.9 Å². The van der Waals surface area contributed by atoms with Crippen LogP contribution in [0.1, 0.15) is 12.5 Å². The minimum Gasteiger partial charge on any atom is -0.497 e. The van der Waals surface area contributed by atoms with Crippen molar-refractivity contribution in [2.75, 3.05) is 13.7 Å². The number of esters is 1. The number of methoxy groups -OCH3 is 1. The molecule has 0 aromatic heterocycles. The molecule has 0 heterocycles. The smallest absolute Gasteiger partial charge is 0.337 e. The van der Waals surface area contributed by atoms with Crippen LogP contribution in [-0.4, -0.2) is 24.6 Å². The van der Waals surface area contributed by atoms with Crippen molar-refractivity contribution in [2.45, 2.75) is 6.92 Å². The number of carbonyl (C=O) groups excluding carboxylic acids is 1. The molecule has 0 radical (unpaired) electrons. The van der Waals surface area contributed by atoms with Crippen LogP contribution in [0.15, 0.2) is 30.3 Å². The Hall–Kier alpha value is -2.37. The number of ether oxygens (including phenoxy) is 2. The van der Waals surface area contributed by atoms with Gasteiger partial charge in [-0.05, 0) is 31.2 Å². The molecule has 0 aliphatic rings. The second-order valence-electron chi connectivity index (χ2n) is 3.27. The van der Waals surface area contributed by atoms with E-state index in [2.05, 4.69) is 4.74 Å². The number of hydrogen-bond donors (Lipinski definition) is 0. The molecule has 0 bridgehead atoms. The number of rotatable bonds is 5. The summed E-state index contributed by atoms with van der Waals surface area (Å²) in [6.07, 6.45) is 0.866. The van der Waals surface area contributed by atoms with Gasteiger partial charge in [-0.2, -0.15) is 0 Å². The Morgan fingerprint density at radius 2 is 2.00 bits per heavy atom. The van der Waals surface area contributed by atoms with Crippen LogP contribution in [0, 0.1) is 10.1 Å². The van der Waals surface area contributed by atoms with Crippen molar-refractivity contribution in [3.63, 3.8) is 0 Å². The lowest BCUT2D eigenvalue weighted by atomic mass is 10.1. The third-order valence-corrected chi connectivity index (χ3v) is 2.12. The summed E-state index contributed by atoms with van der Waals surface area (Å²) in [5.74, 6) is -0.155. The number of hydrogen-bond acceptors (Lipinski definition) is 5. The van der Waals surface area contributed by atoms with E-state index in [9.17, 15) is 14.9 Å². The molecule has 0 fully saturated rings. The van der Waals surface area contributed by atoms with Crippen LogP contribution < -0.4 is 4.74 Å². The number of nitrogens with zero attached hydrogens (tertiary/aromatic N) is 1. The zero-order valence-corrected chi connectivity index (χ0v) is 10.1. The molecule has 0 spiro atoms. The zero-order valence-electron chi connectivity index (χ0n) is 10.1. The lowest BCUT2D eigenvalue weighted by Crippen LogP contribution is -2.05. The second kappa shape index (κ2) is 6.39. The van der Waals surface area contributed by atoms with Gasteiger partial charge in [-0.3, -0.25) is 10.1 Å². The first-order valence-corrected chi connectivity index (χ1v) is 5.25. The van der Waals surface area contributed by atoms with Gasteiger partial charge in [0, 0.05) is 0 Å². The quantitative estimate of drug-likeness (QED) is 0.345. The maximum atomic E-state index is 11.2. The van der Waals surface area contributed by atoms with Crippen LogP contribution in [0.4, 0.5) is 0 Å². The monoisotopic (exact) mass is 251 g/mol.